The second kappa shape index (κ2) is 5.88. The van der Waals surface area contributed by atoms with Crippen molar-refractivity contribution in [2.45, 2.75) is 31.8 Å². The van der Waals surface area contributed by atoms with Crippen molar-refractivity contribution < 1.29 is 15.0 Å². The highest BCUT2D eigenvalue weighted by Crippen LogP contribution is 2.46. The van der Waals surface area contributed by atoms with E-state index in [9.17, 15) is 15.0 Å². The average molecular weight is 476 g/mol. The highest BCUT2D eigenvalue weighted by Gasteiger charge is 2.34. The van der Waals surface area contributed by atoms with Crippen LogP contribution in [-0.2, 0) is 19.6 Å². The van der Waals surface area contributed by atoms with Crippen LogP contribution in [0.5, 0.6) is 0 Å². The summed E-state index contributed by atoms with van der Waals surface area (Å²) in [6.07, 6.45) is -1.82. The van der Waals surface area contributed by atoms with Crippen LogP contribution >= 0.6 is 15.9 Å². The standard InChI is InChI=1S/C24H18BrN3O3/c25-11-5-6-16-13(7-11)20-21-14(8-26-24(21)31)19-12-3-1-2-4-15(12)27-9-17(29)18(30)10-28(16)23(20)22(19)27/h1-7,17-18,29-30H,8-10H2,(H,26,31). The molecule has 7 heteroatoms. The molecule has 2 atom stereocenters. The minimum absolute atomic E-state index is 0.0598. The van der Waals surface area contributed by atoms with Gasteiger partial charge in [0.15, 0.2) is 0 Å². The predicted molar refractivity (Wildman–Crippen MR) is 123 cm³/mol. The van der Waals surface area contributed by atoms with Gasteiger partial charge in [0, 0.05) is 43.6 Å². The molecule has 0 saturated heterocycles. The summed E-state index contributed by atoms with van der Waals surface area (Å²) in [5.74, 6) is -0.0598. The lowest BCUT2D eigenvalue weighted by Crippen LogP contribution is -2.35. The molecule has 0 spiro atoms. The smallest absolute Gasteiger partial charge is 0.252 e. The van der Waals surface area contributed by atoms with Gasteiger partial charge < -0.3 is 24.7 Å². The number of aliphatic hydroxyl groups is 2. The normalized spacial score (nSPS) is 20.7. The van der Waals surface area contributed by atoms with E-state index < -0.39 is 12.2 Å². The van der Waals surface area contributed by atoms with Gasteiger partial charge in [-0.25, -0.2) is 0 Å². The van der Waals surface area contributed by atoms with Crippen LogP contribution in [0.4, 0.5) is 0 Å². The van der Waals surface area contributed by atoms with Gasteiger partial charge in [-0.15, -0.1) is 0 Å². The first-order valence-electron chi connectivity index (χ1n) is 10.4. The average Bonchev–Trinajstić information content (AvgIpc) is 3.38. The summed E-state index contributed by atoms with van der Waals surface area (Å²) < 4.78 is 5.13. The van der Waals surface area contributed by atoms with E-state index in [4.69, 9.17) is 0 Å². The van der Waals surface area contributed by atoms with E-state index in [0.29, 0.717) is 13.1 Å². The fraction of sp³-hybridized carbons (Fsp3) is 0.208. The Morgan fingerprint density at radius 1 is 0.903 bits per heavy atom. The molecule has 2 aliphatic heterocycles. The molecule has 2 aromatic heterocycles. The van der Waals surface area contributed by atoms with Gasteiger partial charge in [0.05, 0.1) is 41.9 Å². The number of rotatable bonds is 0. The highest BCUT2D eigenvalue weighted by molar-refractivity contribution is 9.10. The summed E-state index contributed by atoms with van der Waals surface area (Å²) >= 11 is 3.58. The molecule has 0 saturated carbocycles. The van der Waals surface area contributed by atoms with E-state index in [1.54, 1.807) is 0 Å². The molecule has 0 fully saturated rings. The van der Waals surface area contributed by atoms with Crippen LogP contribution in [0.1, 0.15) is 15.9 Å². The van der Waals surface area contributed by atoms with Crippen molar-refractivity contribution in [3.8, 4) is 0 Å². The van der Waals surface area contributed by atoms with E-state index in [0.717, 1.165) is 59.2 Å². The number of aliphatic hydroxyl groups excluding tert-OH is 2. The second-order valence-corrected chi connectivity index (χ2v) is 9.43. The van der Waals surface area contributed by atoms with Gasteiger partial charge in [-0.2, -0.15) is 0 Å². The molecule has 31 heavy (non-hydrogen) atoms. The number of nitrogens with zero attached hydrogens (tertiary/aromatic N) is 2. The minimum atomic E-state index is -0.922. The second-order valence-electron chi connectivity index (χ2n) is 8.52. The number of carbonyl (C=O) groups excluding carboxylic acids is 1. The Hall–Kier alpha value is -2.87. The van der Waals surface area contributed by atoms with Crippen LogP contribution in [0.15, 0.2) is 46.9 Å². The largest absolute Gasteiger partial charge is 0.388 e. The Bertz CT molecular complexity index is 1610. The number of halogens is 1. The van der Waals surface area contributed by atoms with Crippen molar-refractivity contribution in [3.63, 3.8) is 0 Å². The predicted octanol–water partition coefficient (Wildman–Crippen LogP) is 3.64. The Morgan fingerprint density at radius 2 is 1.58 bits per heavy atom. The number of amides is 1. The van der Waals surface area contributed by atoms with Crippen molar-refractivity contribution in [1.29, 1.82) is 0 Å². The zero-order valence-corrected chi connectivity index (χ0v) is 18.0. The summed E-state index contributed by atoms with van der Waals surface area (Å²) in [6.45, 7) is 1.05. The van der Waals surface area contributed by atoms with E-state index in [2.05, 4.69) is 36.4 Å². The minimum Gasteiger partial charge on any atom is -0.388 e. The molecule has 3 aromatic carbocycles. The third kappa shape index (κ3) is 2.11. The van der Waals surface area contributed by atoms with Gasteiger partial charge in [0.1, 0.15) is 0 Å². The van der Waals surface area contributed by atoms with Gasteiger partial charge in [0.25, 0.3) is 5.91 Å². The van der Waals surface area contributed by atoms with Crippen LogP contribution in [-0.4, -0.2) is 37.5 Å². The van der Waals surface area contributed by atoms with Crippen LogP contribution in [0.25, 0.3) is 43.6 Å². The van der Waals surface area contributed by atoms with Crippen molar-refractivity contribution in [1.82, 2.24) is 14.5 Å². The SMILES string of the molecule is O=C1NCc2c1c1c3cc(Br)ccc3n3c1c1c2c2ccccc2n1CC(O)C(O)C3. The number of hydrogen-bond acceptors (Lipinski definition) is 3. The van der Waals surface area contributed by atoms with E-state index in [1.807, 2.05) is 36.4 Å². The first-order chi connectivity index (χ1) is 15.0. The molecule has 0 radical (unpaired) electrons. The Kier molecular flexibility index (Phi) is 3.37. The van der Waals surface area contributed by atoms with Gasteiger partial charge in [-0.1, -0.05) is 34.1 Å². The van der Waals surface area contributed by atoms with Crippen molar-refractivity contribution in [3.05, 3.63) is 58.1 Å². The van der Waals surface area contributed by atoms with Crippen LogP contribution in [0, 0.1) is 0 Å². The maximum absolute atomic E-state index is 13.1. The van der Waals surface area contributed by atoms with Crippen LogP contribution in [0.2, 0.25) is 0 Å². The van der Waals surface area contributed by atoms with E-state index in [-0.39, 0.29) is 12.5 Å². The molecule has 2 aliphatic rings. The number of aromatic nitrogens is 2. The van der Waals surface area contributed by atoms with Crippen molar-refractivity contribution in [2.75, 3.05) is 0 Å². The molecule has 154 valence electrons. The quantitative estimate of drug-likeness (QED) is 0.319. The van der Waals surface area contributed by atoms with Gasteiger partial charge >= 0.3 is 0 Å². The van der Waals surface area contributed by atoms with Crippen molar-refractivity contribution >= 4 is 65.4 Å². The number of benzene rings is 3. The first-order valence-corrected chi connectivity index (χ1v) is 11.2. The third-order valence-corrected chi connectivity index (χ3v) is 7.40. The molecular weight excluding hydrogens is 458 g/mol. The summed E-state index contributed by atoms with van der Waals surface area (Å²) in [5.41, 5.74) is 5.64. The number of para-hydroxylation sites is 1. The lowest BCUT2D eigenvalue weighted by Gasteiger charge is -2.24. The fourth-order valence-corrected chi connectivity index (χ4v) is 6.00. The van der Waals surface area contributed by atoms with Gasteiger partial charge in [-0.3, -0.25) is 4.79 Å². The lowest BCUT2D eigenvalue weighted by molar-refractivity contribution is 0.00168. The lowest BCUT2D eigenvalue weighted by atomic mass is 9.97. The number of hydrogen-bond donors (Lipinski definition) is 3. The molecule has 2 unspecified atom stereocenters. The topological polar surface area (TPSA) is 79.4 Å². The zero-order valence-electron chi connectivity index (χ0n) is 16.4. The molecule has 0 aliphatic carbocycles. The molecule has 6 nitrogen and oxygen atoms in total. The third-order valence-electron chi connectivity index (χ3n) is 6.91. The molecule has 0 bridgehead atoms. The molecule has 1 amide bonds. The Balaban J connectivity index is 1.87. The summed E-state index contributed by atoms with van der Waals surface area (Å²) in [5, 5.41) is 28.7. The van der Waals surface area contributed by atoms with Gasteiger partial charge in [-0.05, 0) is 29.8 Å². The zero-order chi connectivity index (χ0) is 21.0. The Labute approximate surface area is 184 Å². The van der Waals surface area contributed by atoms with E-state index >= 15 is 0 Å². The maximum atomic E-state index is 13.1. The summed E-state index contributed by atoms with van der Waals surface area (Å²) in [4.78, 5) is 13.1. The van der Waals surface area contributed by atoms with E-state index in [1.165, 1.54) is 0 Å². The number of nitrogens with one attached hydrogen (secondary N) is 1. The van der Waals surface area contributed by atoms with Gasteiger partial charge in [0.2, 0.25) is 0 Å². The first kappa shape index (κ1) is 17.8. The van der Waals surface area contributed by atoms with Crippen molar-refractivity contribution in [2.24, 2.45) is 0 Å². The monoisotopic (exact) mass is 475 g/mol. The molecule has 4 heterocycles. The molecule has 5 aromatic rings. The highest BCUT2D eigenvalue weighted by atomic mass is 79.9. The molecular formula is C24H18BrN3O3. The van der Waals surface area contributed by atoms with Crippen LogP contribution < -0.4 is 5.32 Å². The summed E-state index contributed by atoms with van der Waals surface area (Å²) in [7, 11) is 0. The Morgan fingerprint density at radius 3 is 2.35 bits per heavy atom. The summed E-state index contributed by atoms with van der Waals surface area (Å²) in [6, 6.07) is 14.1. The fourth-order valence-electron chi connectivity index (χ4n) is 5.64. The molecule has 3 N–H and O–H groups in total. The van der Waals surface area contributed by atoms with Crippen LogP contribution in [0.3, 0.4) is 0 Å². The number of fused-ring (bicyclic) bond motifs is 9. The number of carbonyl (C=O) groups is 1. The molecule has 7 rings (SSSR count). The maximum Gasteiger partial charge on any atom is 0.252 e.